The maximum atomic E-state index is 6.33. The van der Waals surface area contributed by atoms with Crippen LogP contribution in [0, 0.1) is 0 Å². The SMILES string of the molecule is Cn1c(CO[Si](C)(C)C(C)(C)C)nc(CCl)c1Sc1cccc(Cl)c1. The number of benzene rings is 1. The van der Waals surface area contributed by atoms with Gasteiger partial charge in [-0.25, -0.2) is 4.98 Å². The highest BCUT2D eigenvalue weighted by Crippen LogP contribution is 2.38. The molecular weight excluding hydrogens is 391 g/mol. The van der Waals surface area contributed by atoms with Crippen molar-refractivity contribution < 1.29 is 4.43 Å². The number of halogens is 2. The summed E-state index contributed by atoms with van der Waals surface area (Å²) in [7, 11) is 0.193. The molecular formula is C18H26Cl2N2OSSi. The molecule has 0 spiro atoms. The minimum Gasteiger partial charge on any atom is -0.409 e. The van der Waals surface area contributed by atoms with E-state index in [0.29, 0.717) is 12.5 Å². The van der Waals surface area contributed by atoms with Crippen LogP contribution < -0.4 is 0 Å². The van der Waals surface area contributed by atoms with E-state index in [1.54, 1.807) is 11.8 Å². The Balaban J connectivity index is 2.23. The normalized spacial score (nSPS) is 12.6. The van der Waals surface area contributed by atoms with Crippen molar-refractivity contribution in [2.45, 2.75) is 61.3 Å². The van der Waals surface area contributed by atoms with E-state index in [1.165, 1.54) is 0 Å². The molecule has 25 heavy (non-hydrogen) atoms. The highest BCUT2D eigenvalue weighted by molar-refractivity contribution is 7.99. The van der Waals surface area contributed by atoms with Gasteiger partial charge in [-0.3, -0.25) is 0 Å². The van der Waals surface area contributed by atoms with E-state index in [-0.39, 0.29) is 5.04 Å². The molecule has 0 N–H and O–H groups in total. The van der Waals surface area contributed by atoms with Crippen LogP contribution in [-0.2, 0) is 24.0 Å². The second kappa shape index (κ2) is 8.05. The van der Waals surface area contributed by atoms with E-state index >= 15 is 0 Å². The molecule has 1 heterocycles. The Morgan fingerprint density at radius 3 is 2.52 bits per heavy atom. The molecule has 2 rings (SSSR count). The number of nitrogens with zero attached hydrogens (tertiary/aromatic N) is 2. The van der Waals surface area contributed by atoms with Gasteiger partial charge in [-0.05, 0) is 36.3 Å². The highest BCUT2D eigenvalue weighted by atomic mass is 35.5. The van der Waals surface area contributed by atoms with Gasteiger partial charge in [0, 0.05) is 17.0 Å². The first-order valence-corrected chi connectivity index (χ1v) is 12.9. The van der Waals surface area contributed by atoms with E-state index in [4.69, 9.17) is 32.6 Å². The molecule has 0 aliphatic carbocycles. The largest absolute Gasteiger partial charge is 0.409 e. The van der Waals surface area contributed by atoms with Gasteiger partial charge in [-0.2, -0.15) is 0 Å². The van der Waals surface area contributed by atoms with E-state index in [9.17, 15) is 0 Å². The van der Waals surface area contributed by atoms with Gasteiger partial charge in [-0.1, -0.05) is 50.2 Å². The summed E-state index contributed by atoms with van der Waals surface area (Å²) in [4.78, 5) is 5.77. The second-order valence-electron chi connectivity index (χ2n) is 7.58. The van der Waals surface area contributed by atoms with Crippen molar-refractivity contribution in [1.82, 2.24) is 9.55 Å². The molecule has 1 aromatic heterocycles. The quantitative estimate of drug-likeness (QED) is 0.397. The summed E-state index contributed by atoms with van der Waals surface area (Å²) in [5.74, 6) is 1.28. The minimum atomic E-state index is -1.82. The van der Waals surface area contributed by atoms with E-state index in [1.807, 2.05) is 31.3 Å². The van der Waals surface area contributed by atoms with Gasteiger partial charge in [0.25, 0.3) is 0 Å². The fourth-order valence-corrected chi connectivity index (χ4v) is 4.51. The van der Waals surface area contributed by atoms with Crippen LogP contribution in [-0.4, -0.2) is 17.9 Å². The van der Waals surface area contributed by atoms with Crippen molar-refractivity contribution in [1.29, 1.82) is 0 Å². The number of hydrogen-bond acceptors (Lipinski definition) is 3. The Morgan fingerprint density at radius 1 is 1.28 bits per heavy atom. The number of rotatable bonds is 6. The van der Waals surface area contributed by atoms with Crippen LogP contribution in [0.15, 0.2) is 34.2 Å². The zero-order chi connectivity index (χ0) is 18.8. The zero-order valence-electron chi connectivity index (χ0n) is 15.7. The first-order valence-electron chi connectivity index (χ1n) is 8.23. The molecule has 0 amide bonds. The van der Waals surface area contributed by atoms with E-state index in [0.717, 1.165) is 26.5 Å². The first-order chi connectivity index (χ1) is 11.5. The summed E-state index contributed by atoms with van der Waals surface area (Å²) >= 11 is 13.9. The lowest BCUT2D eigenvalue weighted by molar-refractivity contribution is 0.263. The van der Waals surface area contributed by atoms with Crippen molar-refractivity contribution in [2.24, 2.45) is 7.05 Å². The average Bonchev–Trinajstić information content (AvgIpc) is 2.80. The van der Waals surface area contributed by atoms with Crippen molar-refractivity contribution in [3.8, 4) is 0 Å². The molecule has 0 saturated heterocycles. The summed E-state index contributed by atoms with van der Waals surface area (Å²) < 4.78 is 8.40. The fraction of sp³-hybridized carbons (Fsp3) is 0.500. The Hall–Kier alpha value is -0.463. The molecule has 7 heteroatoms. The summed E-state index contributed by atoms with van der Waals surface area (Å²) in [6.07, 6.45) is 0. The Labute approximate surface area is 166 Å². The van der Waals surface area contributed by atoms with Gasteiger partial charge in [-0.15, -0.1) is 11.6 Å². The van der Waals surface area contributed by atoms with Gasteiger partial charge in [0.05, 0.1) is 18.2 Å². The molecule has 0 radical (unpaired) electrons. The third-order valence-corrected chi connectivity index (χ3v) is 10.9. The summed E-state index contributed by atoms with van der Waals surface area (Å²) in [5, 5.41) is 1.93. The van der Waals surface area contributed by atoms with Crippen molar-refractivity contribution in [3.05, 3.63) is 40.8 Å². The van der Waals surface area contributed by atoms with Gasteiger partial charge < -0.3 is 8.99 Å². The Kier molecular flexibility index (Phi) is 6.71. The third-order valence-electron chi connectivity index (χ3n) is 4.71. The molecule has 0 unspecified atom stereocenters. The molecule has 0 fully saturated rings. The summed E-state index contributed by atoms with van der Waals surface area (Å²) in [6, 6.07) is 7.80. The Morgan fingerprint density at radius 2 is 1.96 bits per heavy atom. The van der Waals surface area contributed by atoms with Crippen molar-refractivity contribution in [2.75, 3.05) is 0 Å². The topological polar surface area (TPSA) is 27.1 Å². The van der Waals surface area contributed by atoms with Gasteiger partial charge in [0.2, 0.25) is 0 Å². The molecule has 0 saturated carbocycles. The zero-order valence-corrected chi connectivity index (χ0v) is 19.0. The fourth-order valence-electron chi connectivity index (χ4n) is 2.04. The van der Waals surface area contributed by atoms with Gasteiger partial charge in [0.1, 0.15) is 10.9 Å². The predicted octanol–water partition coefficient (Wildman–Crippen LogP) is 6.49. The van der Waals surface area contributed by atoms with Crippen LogP contribution >= 0.6 is 35.0 Å². The van der Waals surface area contributed by atoms with Crippen LogP contribution in [0.4, 0.5) is 0 Å². The maximum Gasteiger partial charge on any atom is 0.192 e. The monoisotopic (exact) mass is 416 g/mol. The smallest absolute Gasteiger partial charge is 0.192 e. The van der Waals surface area contributed by atoms with Crippen LogP contribution in [0.1, 0.15) is 32.3 Å². The van der Waals surface area contributed by atoms with E-state index < -0.39 is 8.32 Å². The van der Waals surface area contributed by atoms with E-state index in [2.05, 4.69) is 38.4 Å². The highest BCUT2D eigenvalue weighted by Gasteiger charge is 2.37. The number of aromatic nitrogens is 2. The number of hydrogen-bond donors (Lipinski definition) is 0. The van der Waals surface area contributed by atoms with Crippen LogP contribution in [0.2, 0.25) is 23.2 Å². The first kappa shape index (κ1) is 20.8. The van der Waals surface area contributed by atoms with Crippen LogP contribution in [0.3, 0.4) is 0 Å². The van der Waals surface area contributed by atoms with Crippen molar-refractivity contribution in [3.63, 3.8) is 0 Å². The molecule has 0 aliphatic rings. The lowest BCUT2D eigenvalue weighted by Crippen LogP contribution is -2.40. The molecule has 3 nitrogen and oxygen atoms in total. The van der Waals surface area contributed by atoms with Gasteiger partial charge >= 0.3 is 0 Å². The third kappa shape index (κ3) is 5.04. The summed E-state index contributed by atoms with van der Waals surface area (Å²) in [5.41, 5.74) is 0.878. The molecule has 0 aliphatic heterocycles. The number of alkyl halides is 1. The number of imidazole rings is 1. The molecule has 2 aromatic rings. The lowest BCUT2D eigenvalue weighted by Gasteiger charge is -2.36. The van der Waals surface area contributed by atoms with Gasteiger partial charge in [0.15, 0.2) is 8.32 Å². The maximum absolute atomic E-state index is 6.33. The molecule has 138 valence electrons. The predicted molar refractivity (Wildman–Crippen MR) is 110 cm³/mol. The lowest BCUT2D eigenvalue weighted by atomic mass is 10.2. The molecule has 1 aromatic carbocycles. The second-order valence-corrected chi connectivity index (χ2v) is 14.2. The average molecular weight is 417 g/mol. The molecule has 0 atom stereocenters. The van der Waals surface area contributed by atoms with Crippen molar-refractivity contribution >= 4 is 43.3 Å². The van der Waals surface area contributed by atoms with Crippen LogP contribution in [0.5, 0.6) is 0 Å². The Bertz CT molecular complexity index is 741. The molecule has 0 bridgehead atoms. The van der Waals surface area contributed by atoms with Crippen LogP contribution in [0.25, 0.3) is 0 Å². The minimum absolute atomic E-state index is 0.172. The standard InChI is InChI=1S/C18H26Cl2N2OSSi/c1-18(2,3)25(5,6)23-12-16-21-15(11-19)17(22(16)4)24-14-9-7-8-13(20)10-14/h7-10H,11-12H2,1-6H3. The summed E-state index contributed by atoms with van der Waals surface area (Å²) in [6.45, 7) is 11.7.